The monoisotopic (exact) mass is 200 g/mol. The van der Waals surface area contributed by atoms with E-state index in [2.05, 4.69) is 33.7 Å². The summed E-state index contributed by atoms with van der Waals surface area (Å²) in [4.78, 5) is 0. The Morgan fingerprint density at radius 1 is 1.13 bits per heavy atom. The van der Waals surface area contributed by atoms with E-state index in [1.54, 1.807) is 12.7 Å². The van der Waals surface area contributed by atoms with Gasteiger partial charge in [0.2, 0.25) is 0 Å². The first kappa shape index (κ1) is 8.61. The minimum absolute atomic E-state index is 0.847. The number of nitrogens with zero attached hydrogens (tertiary/aromatic N) is 3. The maximum absolute atomic E-state index is 3.79. The van der Waals surface area contributed by atoms with E-state index in [0.717, 1.165) is 19.6 Å². The summed E-state index contributed by atoms with van der Waals surface area (Å²) in [6.45, 7) is 2.84. The quantitative estimate of drug-likeness (QED) is 0.784. The third-order valence-corrected chi connectivity index (χ3v) is 2.73. The second-order valence-electron chi connectivity index (χ2n) is 3.84. The van der Waals surface area contributed by atoms with Crippen LogP contribution in [0, 0.1) is 0 Å². The second-order valence-corrected chi connectivity index (χ2v) is 3.84. The van der Waals surface area contributed by atoms with Crippen molar-refractivity contribution in [3.8, 4) is 0 Å². The Labute approximate surface area is 88.0 Å². The van der Waals surface area contributed by atoms with E-state index in [0.29, 0.717) is 0 Å². The lowest BCUT2D eigenvalue weighted by atomic mass is 10.1. The molecule has 1 N–H and O–H groups in total. The third kappa shape index (κ3) is 1.64. The zero-order valence-corrected chi connectivity index (χ0v) is 8.35. The van der Waals surface area contributed by atoms with E-state index >= 15 is 0 Å². The highest BCUT2D eigenvalue weighted by molar-refractivity contribution is 5.34. The number of benzene rings is 1. The molecule has 15 heavy (non-hydrogen) atoms. The van der Waals surface area contributed by atoms with Gasteiger partial charge in [0.15, 0.2) is 0 Å². The van der Waals surface area contributed by atoms with Gasteiger partial charge in [-0.1, -0.05) is 18.2 Å². The van der Waals surface area contributed by atoms with Gasteiger partial charge < -0.3 is 9.88 Å². The van der Waals surface area contributed by atoms with Crippen molar-refractivity contribution in [2.75, 3.05) is 0 Å². The molecule has 2 heterocycles. The molecule has 4 heteroatoms. The van der Waals surface area contributed by atoms with Crippen molar-refractivity contribution in [3.63, 3.8) is 0 Å². The first-order valence-electron chi connectivity index (χ1n) is 5.05. The van der Waals surface area contributed by atoms with Gasteiger partial charge in [-0.3, -0.25) is 0 Å². The fraction of sp³-hybridized carbons (Fsp3) is 0.273. The smallest absolute Gasteiger partial charge is 0.119 e. The lowest BCUT2D eigenvalue weighted by Gasteiger charge is -2.04. The van der Waals surface area contributed by atoms with Gasteiger partial charge >= 0.3 is 0 Å². The average molecular weight is 200 g/mol. The van der Waals surface area contributed by atoms with Crippen molar-refractivity contribution in [3.05, 3.63) is 47.5 Å². The van der Waals surface area contributed by atoms with Crippen molar-refractivity contribution >= 4 is 0 Å². The molecule has 0 atom stereocenters. The number of rotatable bonds is 2. The Hall–Kier alpha value is -1.68. The molecule has 1 aliphatic heterocycles. The molecule has 76 valence electrons. The normalized spacial score (nSPS) is 14.1. The number of hydrogen-bond donors (Lipinski definition) is 1. The Balaban J connectivity index is 1.87. The summed E-state index contributed by atoms with van der Waals surface area (Å²) in [5.41, 5.74) is 4.14. The van der Waals surface area contributed by atoms with E-state index in [-0.39, 0.29) is 0 Å². The van der Waals surface area contributed by atoms with Gasteiger partial charge in [0, 0.05) is 13.1 Å². The number of fused-ring (bicyclic) bond motifs is 1. The van der Waals surface area contributed by atoms with E-state index in [1.807, 2.05) is 4.57 Å². The molecular formula is C11H12N4. The molecule has 1 aliphatic rings. The van der Waals surface area contributed by atoms with Crippen molar-refractivity contribution in [1.82, 2.24) is 20.1 Å². The maximum Gasteiger partial charge on any atom is 0.119 e. The molecule has 1 aromatic heterocycles. The van der Waals surface area contributed by atoms with Crippen LogP contribution >= 0.6 is 0 Å². The predicted octanol–water partition coefficient (Wildman–Crippen LogP) is 0.930. The number of aromatic nitrogens is 3. The van der Waals surface area contributed by atoms with Crippen LogP contribution in [-0.2, 0) is 19.6 Å². The maximum atomic E-state index is 3.79. The molecule has 0 bridgehead atoms. The first-order valence-corrected chi connectivity index (χ1v) is 5.05. The molecule has 4 nitrogen and oxygen atoms in total. The van der Waals surface area contributed by atoms with Crippen LogP contribution in [0.1, 0.15) is 16.7 Å². The SMILES string of the molecule is c1cc2c(cc1Cn1cnnc1)CNC2. The average Bonchev–Trinajstić information content (AvgIpc) is 2.87. The van der Waals surface area contributed by atoms with E-state index in [4.69, 9.17) is 0 Å². The van der Waals surface area contributed by atoms with Gasteiger partial charge in [0.05, 0.1) is 6.54 Å². The molecule has 0 unspecified atom stereocenters. The Morgan fingerprint density at radius 2 is 1.93 bits per heavy atom. The molecule has 0 fully saturated rings. The van der Waals surface area contributed by atoms with Crippen LogP contribution in [0.25, 0.3) is 0 Å². The van der Waals surface area contributed by atoms with Crippen molar-refractivity contribution in [2.24, 2.45) is 0 Å². The van der Waals surface area contributed by atoms with Gasteiger partial charge in [0.1, 0.15) is 12.7 Å². The lowest BCUT2D eigenvalue weighted by molar-refractivity contribution is 0.763. The molecule has 3 rings (SSSR count). The summed E-state index contributed by atoms with van der Waals surface area (Å²) in [6, 6.07) is 6.64. The number of nitrogens with one attached hydrogen (secondary N) is 1. The summed E-state index contributed by atoms with van der Waals surface area (Å²) in [5.74, 6) is 0. The van der Waals surface area contributed by atoms with E-state index in [9.17, 15) is 0 Å². The zero-order chi connectivity index (χ0) is 10.1. The van der Waals surface area contributed by atoms with Crippen molar-refractivity contribution in [2.45, 2.75) is 19.6 Å². The summed E-state index contributed by atoms with van der Waals surface area (Å²) >= 11 is 0. The summed E-state index contributed by atoms with van der Waals surface area (Å²) in [6.07, 6.45) is 3.48. The highest BCUT2D eigenvalue weighted by Gasteiger charge is 2.09. The van der Waals surface area contributed by atoms with Gasteiger partial charge in [-0.15, -0.1) is 10.2 Å². The van der Waals surface area contributed by atoms with Gasteiger partial charge in [-0.05, 0) is 16.7 Å². The first-order chi connectivity index (χ1) is 7.42. The molecule has 0 saturated carbocycles. The Morgan fingerprint density at radius 3 is 2.80 bits per heavy atom. The van der Waals surface area contributed by atoms with Crippen LogP contribution in [0.5, 0.6) is 0 Å². The fourth-order valence-corrected chi connectivity index (χ4v) is 1.96. The standard InChI is InChI=1S/C11H12N4/c1-2-10-4-12-5-11(10)3-9(1)6-15-7-13-14-8-15/h1-3,7-8,12H,4-6H2. The predicted molar refractivity (Wildman–Crippen MR) is 56.1 cm³/mol. The van der Waals surface area contributed by atoms with Crippen LogP contribution in [0.3, 0.4) is 0 Å². The summed E-state index contributed by atoms with van der Waals surface area (Å²) < 4.78 is 1.98. The molecule has 1 aromatic carbocycles. The molecular weight excluding hydrogens is 188 g/mol. The van der Waals surface area contributed by atoms with Crippen LogP contribution in [-0.4, -0.2) is 14.8 Å². The highest BCUT2D eigenvalue weighted by atomic mass is 15.2. The van der Waals surface area contributed by atoms with Crippen LogP contribution < -0.4 is 5.32 Å². The molecule has 0 amide bonds. The zero-order valence-electron chi connectivity index (χ0n) is 8.35. The van der Waals surface area contributed by atoms with Crippen LogP contribution in [0.4, 0.5) is 0 Å². The second kappa shape index (κ2) is 3.47. The fourth-order valence-electron chi connectivity index (χ4n) is 1.96. The van der Waals surface area contributed by atoms with Crippen LogP contribution in [0.2, 0.25) is 0 Å². The largest absolute Gasteiger partial charge is 0.316 e. The van der Waals surface area contributed by atoms with E-state index < -0.39 is 0 Å². The highest BCUT2D eigenvalue weighted by Crippen LogP contribution is 2.17. The minimum Gasteiger partial charge on any atom is -0.316 e. The summed E-state index contributed by atoms with van der Waals surface area (Å²) in [5, 5.41) is 10.9. The molecule has 2 aromatic rings. The van der Waals surface area contributed by atoms with Gasteiger partial charge in [-0.25, -0.2) is 0 Å². The minimum atomic E-state index is 0.847. The number of hydrogen-bond acceptors (Lipinski definition) is 3. The third-order valence-electron chi connectivity index (χ3n) is 2.73. The van der Waals surface area contributed by atoms with Gasteiger partial charge in [-0.2, -0.15) is 0 Å². The molecule has 0 radical (unpaired) electrons. The topological polar surface area (TPSA) is 42.7 Å². The van der Waals surface area contributed by atoms with Crippen molar-refractivity contribution in [1.29, 1.82) is 0 Å². The van der Waals surface area contributed by atoms with E-state index in [1.165, 1.54) is 16.7 Å². The van der Waals surface area contributed by atoms with Gasteiger partial charge in [0.25, 0.3) is 0 Å². The Kier molecular flexibility index (Phi) is 1.99. The molecule has 0 aliphatic carbocycles. The molecule has 0 spiro atoms. The lowest BCUT2D eigenvalue weighted by Crippen LogP contribution is -2.00. The summed E-state index contributed by atoms with van der Waals surface area (Å²) in [7, 11) is 0. The Bertz CT molecular complexity index is 461. The van der Waals surface area contributed by atoms with Crippen LogP contribution in [0.15, 0.2) is 30.9 Å². The molecule has 0 saturated heterocycles. The van der Waals surface area contributed by atoms with Crippen molar-refractivity contribution < 1.29 is 0 Å².